The molecular weight excluding hydrogens is 220 g/mol. The van der Waals surface area contributed by atoms with E-state index in [1.54, 1.807) is 12.2 Å². The topological polar surface area (TPSA) is 66.8 Å². The molecule has 0 aliphatic heterocycles. The Morgan fingerprint density at radius 1 is 1.24 bits per heavy atom. The van der Waals surface area contributed by atoms with Crippen molar-refractivity contribution in [2.75, 3.05) is 13.7 Å². The summed E-state index contributed by atoms with van der Waals surface area (Å²) in [5, 5.41) is 17.9. The molecule has 0 aliphatic rings. The fraction of sp³-hybridized carbons (Fsp3) is 0.769. The van der Waals surface area contributed by atoms with Crippen molar-refractivity contribution in [1.82, 2.24) is 0 Å². The lowest BCUT2D eigenvalue weighted by Crippen LogP contribution is -2.02. The van der Waals surface area contributed by atoms with E-state index in [4.69, 9.17) is 5.11 Å². The van der Waals surface area contributed by atoms with E-state index in [1.807, 2.05) is 0 Å². The van der Waals surface area contributed by atoms with Crippen LogP contribution in [0.25, 0.3) is 0 Å². The minimum Gasteiger partial charge on any atom is -0.469 e. The summed E-state index contributed by atoms with van der Waals surface area (Å²) in [6.07, 6.45) is 8.96. The van der Waals surface area contributed by atoms with Gasteiger partial charge >= 0.3 is 5.97 Å². The molecule has 0 aliphatic carbocycles. The average Bonchev–Trinajstić information content (AvgIpc) is 2.34. The highest BCUT2D eigenvalue weighted by Crippen LogP contribution is 2.09. The van der Waals surface area contributed by atoms with Crippen LogP contribution in [0.1, 0.15) is 44.9 Å². The van der Waals surface area contributed by atoms with Crippen molar-refractivity contribution >= 4 is 5.97 Å². The van der Waals surface area contributed by atoms with Gasteiger partial charge in [-0.05, 0) is 12.8 Å². The smallest absolute Gasteiger partial charge is 0.305 e. The Hall–Kier alpha value is -0.870. The number of hydrogen-bond acceptors (Lipinski definition) is 4. The van der Waals surface area contributed by atoms with Crippen LogP contribution >= 0.6 is 0 Å². The van der Waals surface area contributed by atoms with E-state index < -0.39 is 6.10 Å². The summed E-state index contributed by atoms with van der Waals surface area (Å²) in [5.41, 5.74) is 0. The molecule has 17 heavy (non-hydrogen) atoms. The third kappa shape index (κ3) is 11.4. The van der Waals surface area contributed by atoms with Gasteiger partial charge in [-0.15, -0.1) is 0 Å². The minimum atomic E-state index is -0.447. The number of ether oxygens (including phenoxy) is 1. The molecule has 0 radical (unpaired) electrons. The molecule has 4 heteroatoms. The van der Waals surface area contributed by atoms with E-state index in [1.165, 1.54) is 7.11 Å². The monoisotopic (exact) mass is 244 g/mol. The van der Waals surface area contributed by atoms with Crippen LogP contribution in [0.15, 0.2) is 12.2 Å². The molecule has 2 N–H and O–H groups in total. The first-order valence-electron chi connectivity index (χ1n) is 6.23. The summed E-state index contributed by atoms with van der Waals surface area (Å²) in [5.74, 6) is -0.144. The molecule has 0 fully saturated rings. The van der Waals surface area contributed by atoms with Crippen molar-refractivity contribution in [2.24, 2.45) is 0 Å². The maximum atomic E-state index is 10.8. The largest absolute Gasteiger partial charge is 0.469 e. The van der Waals surface area contributed by atoms with Gasteiger partial charge in [-0.25, -0.2) is 0 Å². The van der Waals surface area contributed by atoms with Crippen LogP contribution in [0.3, 0.4) is 0 Å². The Kier molecular flexibility index (Phi) is 11.0. The van der Waals surface area contributed by atoms with E-state index in [0.29, 0.717) is 6.42 Å². The van der Waals surface area contributed by atoms with Gasteiger partial charge in [-0.3, -0.25) is 4.79 Å². The number of rotatable bonds is 10. The molecule has 1 atom stereocenters. The highest BCUT2D eigenvalue weighted by Gasteiger charge is 2.00. The average molecular weight is 244 g/mol. The lowest BCUT2D eigenvalue weighted by molar-refractivity contribution is -0.140. The normalized spacial score (nSPS) is 12.9. The SMILES string of the molecule is COC(=O)CCCCCCCC(O)/C=C\CO. The van der Waals surface area contributed by atoms with Gasteiger partial charge in [-0.1, -0.05) is 37.8 Å². The first-order valence-corrected chi connectivity index (χ1v) is 6.23. The lowest BCUT2D eigenvalue weighted by Gasteiger charge is -2.05. The number of carbonyl (C=O) groups is 1. The summed E-state index contributed by atoms with van der Waals surface area (Å²) < 4.78 is 4.55. The van der Waals surface area contributed by atoms with Crippen LogP contribution in [-0.2, 0) is 9.53 Å². The molecule has 100 valence electrons. The molecule has 0 spiro atoms. The summed E-state index contributed by atoms with van der Waals surface area (Å²) in [7, 11) is 1.41. The van der Waals surface area contributed by atoms with E-state index in [9.17, 15) is 9.90 Å². The van der Waals surface area contributed by atoms with Gasteiger partial charge in [-0.2, -0.15) is 0 Å². The minimum absolute atomic E-state index is 0.0232. The second-order valence-electron chi connectivity index (χ2n) is 4.06. The van der Waals surface area contributed by atoms with Crippen LogP contribution in [0.5, 0.6) is 0 Å². The molecule has 0 aromatic heterocycles. The molecule has 0 rings (SSSR count). The molecule has 0 saturated carbocycles. The van der Waals surface area contributed by atoms with E-state index in [0.717, 1.165) is 38.5 Å². The second-order valence-corrected chi connectivity index (χ2v) is 4.06. The first-order chi connectivity index (χ1) is 8.20. The van der Waals surface area contributed by atoms with Crippen molar-refractivity contribution < 1.29 is 19.7 Å². The standard InChI is InChI=1S/C13H24O4/c1-17-13(16)10-6-4-2-3-5-8-12(15)9-7-11-14/h7,9,12,14-15H,2-6,8,10-11H2,1H3/b9-7-. The van der Waals surface area contributed by atoms with Crippen LogP contribution < -0.4 is 0 Å². The summed E-state index contributed by atoms with van der Waals surface area (Å²) in [6, 6.07) is 0. The third-order valence-corrected chi connectivity index (χ3v) is 2.57. The molecule has 0 amide bonds. The number of hydrogen-bond donors (Lipinski definition) is 2. The highest BCUT2D eigenvalue weighted by molar-refractivity contribution is 5.68. The van der Waals surface area contributed by atoms with Gasteiger partial charge < -0.3 is 14.9 Å². The van der Waals surface area contributed by atoms with E-state index >= 15 is 0 Å². The van der Waals surface area contributed by atoms with Crippen LogP contribution in [0.2, 0.25) is 0 Å². The maximum absolute atomic E-state index is 10.8. The van der Waals surface area contributed by atoms with Crippen LogP contribution in [0.4, 0.5) is 0 Å². The third-order valence-electron chi connectivity index (χ3n) is 2.57. The second kappa shape index (κ2) is 11.6. The summed E-state index contributed by atoms with van der Waals surface area (Å²) in [6.45, 7) is -0.0232. The van der Waals surface area contributed by atoms with Crippen molar-refractivity contribution in [3.63, 3.8) is 0 Å². The molecule has 0 bridgehead atoms. The van der Waals surface area contributed by atoms with E-state index in [-0.39, 0.29) is 12.6 Å². The van der Waals surface area contributed by atoms with Crippen molar-refractivity contribution in [3.05, 3.63) is 12.2 Å². The van der Waals surface area contributed by atoms with Gasteiger partial charge in [0.25, 0.3) is 0 Å². The summed E-state index contributed by atoms with van der Waals surface area (Å²) >= 11 is 0. The Morgan fingerprint density at radius 3 is 2.53 bits per heavy atom. The van der Waals surface area contributed by atoms with Crippen LogP contribution in [-0.4, -0.2) is 36.0 Å². The quantitative estimate of drug-likeness (QED) is 0.349. The predicted molar refractivity (Wildman–Crippen MR) is 66.6 cm³/mol. The maximum Gasteiger partial charge on any atom is 0.305 e. The van der Waals surface area contributed by atoms with Crippen molar-refractivity contribution in [2.45, 2.75) is 51.0 Å². The highest BCUT2D eigenvalue weighted by atomic mass is 16.5. The Bertz CT molecular complexity index is 213. The first kappa shape index (κ1) is 16.1. The summed E-state index contributed by atoms with van der Waals surface area (Å²) in [4.78, 5) is 10.8. The molecule has 4 nitrogen and oxygen atoms in total. The van der Waals surface area contributed by atoms with Gasteiger partial charge in [0.15, 0.2) is 0 Å². The number of methoxy groups -OCH3 is 1. The number of esters is 1. The number of aliphatic hydroxyl groups is 2. The van der Waals surface area contributed by atoms with Gasteiger partial charge in [0.05, 0.1) is 19.8 Å². The molecule has 0 saturated heterocycles. The molecule has 0 aromatic rings. The molecular formula is C13H24O4. The fourth-order valence-electron chi connectivity index (χ4n) is 1.57. The Morgan fingerprint density at radius 2 is 1.88 bits per heavy atom. The number of carbonyl (C=O) groups excluding carboxylic acids is 1. The zero-order valence-corrected chi connectivity index (χ0v) is 10.6. The van der Waals surface area contributed by atoms with Crippen molar-refractivity contribution in [3.8, 4) is 0 Å². The molecule has 0 aromatic carbocycles. The van der Waals surface area contributed by atoms with Gasteiger partial charge in [0.2, 0.25) is 0 Å². The van der Waals surface area contributed by atoms with Crippen molar-refractivity contribution in [1.29, 1.82) is 0 Å². The molecule has 1 unspecified atom stereocenters. The van der Waals surface area contributed by atoms with Crippen LogP contribution in [0, 0.1) is 0 Å². The zero-order chi connectivity index (χ0) is 12.9. The van der Waals surface area contributed by atoms with Gasteiger partial charge in [0.1, 0.15) is 0 Å². The predicted octanol–water partition coefficient (Wildman–Crippen LogP) is 1.80. The fourth-order valence-corrected chi connectivity index (χ4v) is 1.57. The zero-order valence-electron chi connectivity index (χ0n) is 10.6. The van der Waals surface area contributed by atoms with Gasteiger partial charge in [0, 0.05) is 6.42 Å². The number of aliphatic hydroxyl groups excluding tert-OH is 2. The molecule has 0 heterocycles. The lowest BCUT2D eigenvalue weighted by atomic mass is 10.1. The number of unbranched alkanes of at least 4 members (excludes halogenated alkanes) is 4. The Balaban J connectivity index is 3.23. The van der Waals surface area contributed by atoms with E-state index in [2.05, 4.69) is 4.74 Å². The Labute approximate surface area is 103 Å².